The fourth-order valence-electron chi connectivity index (χ4n) is 3.58. The molecule has 0 radical (unpaired) electrons. The largest absolute Gasteiger partial charge is 0.457 e. The van der Waals surface area contributed by atoms with Crippen molar-refractivity contribution in [1.82, 2.24) is 5.32 Å². The molecule has 1 unspecified atom stereocenters. The number of nitrogens with zero attached hydrogens (tertiary/aromatic N) is 1. The van der Waals surface area contributed by atoms with Crippen molar-refractivity contribution < 1.29 is 17.9 Å². The van der Waals surface area contributed by atoms with Crippen LogP contribution >= 0.6 is 0 Å². The van der Waals surface area contributed by atoms with Gasteiger partial charge in [0.1, 0.15) is 18.0 Å². The molecule has 4 rings (SSSR count). The summed E-state index contributed by atoms with van der Waals surface area (Å²) in [6, 6.07) is 33.2. The Morgan fingerprint density at radius 2 is 1.29 bits per heavy atom. The maximum absolute atomic E-state index is 13.5. The Kier molecular flexibility index (Phi) is 7.48. The van der Waals surface area contributed by atoms with Crippen LogP contribution in [0.2, 0.25) is 0 Å². The minimum Gasteiger partial charge on any atom is -0.457 e. The third-order valence-electron chi connectivity index (χ3n) is 5.40. The molecule has 35 heavy (non-hydrogen) atoms. The molecular formula is C28H26N2O4S. The van der Waals surface area contributed by atoms with Crippen LogP contribution in [-0.4, -0.2) is 20.9 Å². The van der Waals surface area contributed by atoms with E-state index < -0.39 is 15.9 Å². The Bertz CT molecular complexity index is 1340. The fraction of sp³-hybridized carbons (Fsp3) is 0.107. The van der Waals surface area contributed by atoms with Crippen LogP contribution in [0.3, 0.4) is 0 Å². The van der Waals surface area contributed by atoms with Gasteiger partial charge in [0.15, 0.2) is 0 Å². The fourth-order valence-corrected chi connectivity index (χ4v) is 5.02. The molecule has 0 saturated carbocycles. The zero-order chi connectivity index (χ0) is 24.7. The molecule has 0 fully saturated rings. The summed E-state index contributed by atoms with van der Waals surface area (Å²) >= 11 is 0. The molecule has 0 aromatic heterocycles. The first-order valence-electron chi connectivity index (χ1n) is 11.2. The first kappa shape index (κ1) is 24.0. The predicted molar refractivity (Wildman–Crippen MR) is 137 cm³/mol. The third-order valence-corrected chi connectivity index (χ3v) is 7.19. The van der Waals surface area contributed by atoms with Gasteiger partial charge in [-0.05, 0) is 61.0 Å². The van der Waals surface area contributed by atoms with E-state index in [9.17, 15) is 13.2 Å². The van der Waals surface area contributed by atoms with E-state index in [0.717, 1.165) is 9.87 Å². The number of ether oxygens (including phenoxy) is 1. The van der Waals surface area contributed by atoms with E-state index in [4.69, 9.17) is 4.74 Å². The van der Waals surface area contributed by atoms with Gasteiger partial charge in [-0.1, -0.05) is 66.7 Å². The van der Waals surface area contributed by atoms with Gasteiger partial charge in [-0.25, -0.2) is 8.42 Å². The van der Waals surface area contributed by atoms with E-state index in [2.05, 4.69) is 5.32 Å². The minimum absolute atomic E-state index is 0.105. The van der Waals surface area contributed by atoms with E-state index in [0.29, 0.717) is 17.2 Å². The molecule has 0 spiro atoms. The first-order valence-corrected chi connectivity index (χ1v) is 12.6. The van der Waals surface area contributed by atoms with Crippen LogP contribution in [0.1, 0.15) is 18.5 Å². The monoisotopic (exact) mass is 486 g/mol. The van der Waals surface area contributed by atoms with Gasteiger partial charge in [0.05, 0.1) is 16.6 Å². The second kappa shape index (κ2) is 10.9. The number of carbonyl (C=O) groups excluding carboxylic acids is 1. The molecule has 0 aliphatic rings. The van der Waals surface area contributed by atoms with Gasteiger partial charge in [-0.2, -0.15) is 0 Å². The van der Waals surface area contributed by atoms with E-state index in [1.807, 2.05) is 67.6 Å². The van der Waals surface area contributed by atoms with Gasteiger partial charge >= 0.3 is 0 Å². The quantitative estimate of drug-likeness (QED) is 0.336. The summed E-state index contributed by atoms with van der Waals surface area (Å²) in [5, 5.41) is 2.89. The smallest absolute Gasteiger partial charge is 0.264 e. The molecule has 0 aliphatic heterocycles. The lowest BCUT2D eigenvalue weighted by atomic mass is 10.1. The van der Waals surface area contributed by atoms with Gasteiger partial charge in [-0.15, -0.1) is 0 Å². The number of benzene rings is 4. The van der Waals surface area contributed by atoms with Crippen LogP contribution in [0, 0.1) is 0 Å². The summed E-state index contributed by atoms with van der Waals surface area (Å²) in [4.78, 5) is 13.1. The average Bonchev–Trinajstić information content (AvgIpc) is 2.89. The Labute approximate surface area is 205 Å². The summed E-state index contributed by atoms with van der Waals surface area (Å²) in [6.45, 7) is 1.49. The van der Waals surface area contributed by atoms with Crippen molar-refractivity contribution in [2.45, 2.75) is 17.9 Å². The summed E-state index contributed by atoms with van der Waals surface area (Å²) in [5.74, 6) is 0.813. The number of nitrogens with one attached hydrogen (secondary N) is 1. The molecule has 1 atom stereocenters. The molecule has 4 aromatic rings. The third kappa shape index (κ3) is 6.07. The van der Waals surface area contributed by atoms with Crippen LogP contribution in [-0.2, 0) is 14.8 Å². The van der Waals surface area contributed by atoms with Crippen LogP contribution in [0.4, 0.5) is 5.69 Å². The highest BCUT2D eigenvalue weighted by Crippen LogP contribution is 2.28. The van der Waals surface area contributed by atoms with Crippen molar-refractivity contribution in [1.29, 1.82) is 0 Å². The molecule has 6 nitrogen and oxygen atoms in total. The van der Waals surface area contributed by atoms with Crippen LogP contribution in [0.5, 0.6) is 11.5 Å². The number of anilines is 1. The highest BCUT2D eigenvalue weighted by molar-refractivity contribution is 7.92. The van der Waals surface area contributed by atoms with Crippen LogP contribution in [0.25, 0.3) is 0 Å². The number of hydrogen-bond donors (Lipinski definition) is 1. The highest BCUT2D eigenvalue weighted by atomic mass is 32.2. The maximum atomic E-state index is 13.5. The topological polar surface area (TPSA) is 75.7 Å². The van der Waals surface area contributed by atoms with Gasteiger partial charge in [0.2, 0.25) is 5.91 Å². The predicted octanol–water partition coefficient (Wildman–Crippen LogP) is 5.55. The van der Waals surface area contributed by atoms with Gasteiger partial charge < -0.3 is 10.1 Å². The molecule has 1 amide bonds. The SMILES string of the molecule is CC(NC(=O)CN(c1ccc(Oc2ccccc2)cc1)S(=O)(=O)c1ccccc1)c1ccccc1. The first-order chi connectivity index (χ1) is 16.9. The molecule has 0 saturated heterocycles. The summed E-state index contributed by atoms with van der Waals surface area (Å²) in [7, 11) is -3.99. The highest BCUT2D eigenvalue weighted by Gasteiger charge is 2.27. The molecule has 4 aromatic carbocycles. The van der Waals surface area contributed by atoms with Crippen molar-refractivity contribution in [2.24, 2.45) is 0 Å². The van der Waals surface area contributed by atoms with Crippen molar-refractivity contribution in [3.05, 3.63) is 121 Å². The number of carbonyl (C=O) groups is 1. The van der Waals surface area contributed by atoms with Crippen molar-refractivity contribution in [2.75, 3.05) is 10.8 Å². The normalized spacial score (nSPS) is 11.9. The molecular weight excluding hydrogens is 460 g/mol. The Morgan fingerprint density at radius 3 is 1.89 bits per heavy atom. The number of para-hydroxylation sites is 1. The number of amides is 1. The van der Waals surface area contributed by atoms with Gasteiger partial charge in [0, 0.05) is 0 Å². The van der Waals surface area contributed by atoms with Crippen LogP contribution in [0.15, 0.2) is 120 Å². The van der Waals surface area contributed by atoms with Crippen molar-refractivity contribution in [3.8, 4) is 11.5 Å². The van der Waals surface area contributed by atoms with E-state index in [1.54, 1.807) is 42.5 Å². The Morgan fingerprint density at radius 1 is 0.771 bits per heavy atom. The second-order valence-corrected chi connectivity index (χ2v) is 9.80. The van der Waals surface area contributed by atoms with E-state index in [1.165, 1.54) is 12.1 Å². The lowest BCUT2D eigenvalue weighted by molar-refractivity contribution is -0.120. The Hall–Kier alpha value is -4.10. The van der Waals surface area contributed by atoms with E-state index >= 15 is 0 Å². The molecule has 0 heterocycles. The average molecular weight is 487 g/mol. The summed E-state index contributed by atoms with van der Waals surface area (Å²) < 4.78 is 34.0. The zero-order valence-electron chi connectivity index (χ0n) is 19.2. The van der Waals surface area contributed by atoms with E-state index in [-0.39, 0.29) is 17.5 Å². The lowest BCUT2D eigenvalue weighted by Crippen LogP contribution is -2.41. The number of sulfonamides is 1. The van der Waals surface area contributed by atoms with Gasteiger partial charge in [0.25, 0.3) is 10.0 Å². The maximum Gasteiger partial charge on any atom is 0.264 e. The second-order valence-electron chi connectivity index (χ2n) is 7.93. The van der Waals surface area contributed by atoms with Gasteiger partial charge in [-0.3, -0.25) is 9.10 Å². The zero-order valence-corrected chi connectivity index (χ0v) is 20.1. The van der Waals surface area contributed by atoms with Crippen molar-refractivity contribution in [3.63, 3.8) is 0 Å². The lowest BCUT2D eigenvalue weighted by Gasteiger charge is -2.25. The number of hydrogen-bond acceptors (Lipinski definition) is 4. The van der Waals surface area contributed by atoms with Crippen LogP contribution < -0.4 is 14.4 Å². The summed E-state index contributed by atoms with van der Waals surface area (Å²) in [6.07, 6.45) is 0. The molecule has 178 valence electrons. The minimum atomic E-state index is -3.99. The molecule has 0 aliphatic carbocycles. The molecule has 7 heteroatoms. The molecule has 0 bridgehead atoms. The Balaban J connectivity index is 1.59. The standard InChI is InChI=1S/C28H26N2O4S/c1-22(23-11-5-2-6-12-23)29-28(31)21-30(35(32,33)27-15-9-4-10-16-27)24-17-19-26(20-18-24)34-25-13-7-3-8-14-25/h2-20,22H,21H2,1H3,(H,29,31). The molecule has 1 N–H and O–H groups in total. The van der Waals surface area contributed by atoms with Crippen molar-refractivity contribution >= 4 is 21.6 Å². The summed E-state index contributed by atoms with van der Waals surface area (Å²) in [5.41, 5.74) is 1.29. The number of rotatable bonds is 9.